The second-order valence-corrected chi connectivity index (χ2v) is 5.68. The van der Waals surface area contributed by atoms with Crippen LogP contribution in [0.25, 0.3) is 0 Å². The first kappa shape index (κ1) is 14.9. The Bertz CT molecular complexity index is 473. The summed E-state index contributed by atoms with van der Waals surface area (Å²) in [5.41, 5.74) is 5.63. The molecule has 0 radical (unpaired) electrons. The first-order valence-electron chi connectivity index (χ1n) is 5.33. The maximum absolute atomic E-state index is 11.0. The van der Waals surface area contributed by atoms with Gasteiger partial charge in [0.05, 0.1) is 10.0 Å². The molecule has 1 aromatic rings. The first-order chi connectivity index (χ1) is 8.20. The van der Waals surface area contributed by atoms with Gasteiger partial charge in [0, 0.05) is 23.6 Å². The van der Waals surface area contributed by atoms with Gasteiger partial charge in [-0.25, -0.2) is 4.79 Å². The third kappa shape index (κ3) is 2.82. The molecule has 0 fully saturated rings. The van der Waals surface area contributed by atoms with Crippen molar-refractivity contribution < 1.29 is 20.1 Å². The van der Waals surface area contributed by atoms with Crippen molar-refractivity contribution in [1.82, 2.24) is 0 Å². The normalized spacial score (nSPS) is 13.4. The molecule has 0 bridgehead atoms. The lowest BCUT2D eigenvalue weighted by Crippen LogP contribution is -2.32. The van der Waals surface area contributed by atoms with Crippen LogP contribution in [0.1, 0.15) is 35.8 Å². The molecular formula is C12H16BrNO4. The average molecular weight is 318 g/mol. The number of aromatic carboxylic acids is 1. The topological polar surface area (TPSA) is 104 Å². The fourth-order valence-corrected chi connectivity index (χ4v) is 1.98. The number of aromatic hydroxyl groups is 1. The van der Waals surface area contributed by atoms with Crippen molar-refractivity contribution >= 4 is 21.9 Å². The number of halogens is 1. The number of aliphatic hydroxyl groups is 1. The van der Waals surface area contributed by atoms with Gasteiger partial charge in [-0.15, -0.1) is 0 Å². The number of nitrogens with two attached hydrogens (primary N) is 1. The van der Waals surface area contributed by atoms with Gasteiger partial charge in [0.25, 0.3) is 0 Å². The molecule has 1 atom stereocenters. The van der Waals surface area contributed by atoms with Crippen LogP contribution in [0.4, 0.5) is 0 Å². The van der Waals surface area contributed by atoms with Crippen LogP contribution in [-0.4, -0.2) is 27.9 Å². The molecule has 0 unspecified atom stereocenters. The number of rotatable bonds is 4. The molecule has 0 saturated carbocycles. The Balaban J connectivity index is 3.35. The smallest absolute Gasteiger partial charge is 0.335 e. The summed E-state index contributed by atoms with van der Waals surface area (Å²) in [6.45, 7) is 3.29. The van der Waals surface area contributed by atoms with Crippen molar-refractivity contribution in [1.29, 1.82) is 0 Å². The fraction of sp³-hybridized carbons (Fsp3) is 0.417. The molecule has 0 aliphatic rings. The second kappa shape index (κ2) is 5.26. The molecule has 0 aliphatic heterocycles. The highest BCUT2D eigenvalue weighted by Gasteiger charge is 2.30. The molecule has 0 spiro atoms. The van der Waals surface area contributed by atoms with Gasteiger partial charge in [-0.2, -0.15) is 0 Å². The Morgan fingerprint density at radius 1 is 1.50 bits per heavy atom. The summed E-state index contributed by atoms with van der Waals surface area (Å²) in [5, 5.41) is 28.2. The molecule has 0 amide bonds. The number of benzene rings is 1. The lowest BCUT2D eigenvalue weighted by Gasteiger charge is -2.30. The van der Waals surface area contributed by atoms with Crippen LogP contribution in [0, 0.1) is 5.41 Å². The molecular weight excluding hydrogens is 302 g/mol. The van der Waals surface area contributed by atoms with E-state index in [2.05, 4.69) is 15.9 Å². The lowest BCUT2D eigenvalue weighted by atomic mass is 9.81. The third-order valence-corrected chi connectivity index (χ3v) is 3.53. The summed E-state index contributed by atoms with van der Waals surface area (Å²) >= 11 is 3.09. The minimum Gasteiger partial charge on any atom is -0.506 e. The maximum Gasteiger partial charge on any atom is 0.335 e. The number of aliphatic hydroxyl groups excluding tert-OH is 1. The van der Waals surface area contributed by atoms with Crippen LogP contribution in [0.3, 0.4) is 0 Å². The van der Waals surface area contributed by atoms with Crippen LogP contribution in [-0.2, 0) is 0 Å². The standard InChI is InChI=1S/C12H16BrNO4/c1-12(2,5-15)10(14)7-3-6(11(17)18)4-8(13)9(7)16/h3-4,10,15-16H,5,14H2,1-2H3,(H,17,18)/t10-/m1/s1. The summed E-state index contributed by atoms with van der Waals surface area (Å²) in [4.78, 5) is 11.0. The molecule has 5 nitrogen and oxygen atoms in total. The van der Waals surface area contributed by atoms with Gasteiger partial charge in [0.2, 0.25) is 0 Å². The van der Waals surface area contributed by atoms with Crippen LogP contribution in [0.5, 0.6) is 5.75 Å². The van der Waals surface area contributed by atoms with Crippen molar-refractivity contribution in [3.63, 3.8) is 0 Å². The van der Waals surface area contributed by atoms with Crippen LogP contribution >= 0.6 is 15.9 Å². The highest BCUT2D eigenvalue weighted by Crippen LogP contribution is 2.39. The summed E-state index contributed by atoms with van der Waals surface area (Å²) in [7, 11) is 0. The average Bonchev–Trinajstić information content (AvgIpc) is 2.31. The number of carboxylic acids is 1. The Morgan fingerprint density at radius 3 is 2.50 bits per heavy atom. The molecule has 18 heavy (non-hydrogen) atoms. The van der Waals surface area contributed by atoms with Gasteiger partial charge in [-0.1, -0.05) is 13.8 Å². The highest BCUT2D eigenvalue weighted by atomic mass is 79.9. The van der Waals surface area contributed by atoms with E-state index in [4.69, 9.17) is 10.8 Å². The molecule has 0 aromatic heterocycles. The van der Waals surface area contributed by atoms with Gasteiger partial charge < -0.3 is 21.1 Å². The lowest BCUT2D eigenvalue weighted by molar-refractivity contribution is 0.0696. The Kier molecular flexibility index (Phi) is 4.37. The zero-order valence-electron chi connectivity index (χ0n) is 10.1. The van der Waals surface area contributed by atoms with E-state index in [1.165, 1.54) is 12.1 Å². The van der Waals surface area contributed by atoms with Crippen molar-refractivity contribution in [2.45, 2.75) is 19.9 Å². The molecule has 0 aliphatic carbocycles. The van der Waals surface area contributed by atoms with Gasteiger partial charge in [0.15, 0.2) is 0 Å². The van der Waals surface area contributed by atoms with Crippen LogP contribution < -0.4 is 5.73 Å². The molecule has 0 saturated heterocycles. The van der Waals surface area contributed by atoms with E-state index in [-0.39, 0.29) is 22.4 Å². The number of carboxylic acid groups (broad SMARTS) is 1. The summed E-state index contributed by atoms with van der Waals surface area (Å²) in [6.07, 6.45) is 0. The quantitative estimate of drug-likeness (QED) is 0.678. The Morgan fingerprint density at radius 2 is 2.06 bits per heavy atom. The SMILES string of the molecule is CC(C)(CO)[C@H](N)c1cc(C(=O)O)cc(Br)c1O. The zero-order chi connectivity index (χ0) is 14.1. The van der Waals surface area contributed by atoms with Crippen LogP contribution in [0.15, 0.2) is 16.6 Å². The van der Waals surface area contributed by atoms with Crippen LogP contribution in [0.2, 0.25) is 0 Å². The summed E-state index contributed by atoms with van der Waals surface area (Å²) in [5.74, 6) is -1.21. The number of hydrogen-bond donors (Lipinski definition) is 4. The zero-order valence-corrected chi connectivity index (χ0v) is 11.7. The fourth-order valence-electron chi connectivity index (χ4n) is 1.50. The Labute approximate surface area is 113 Å². The first-order valence-corrected chi connectivity index (χ1v) is 6.12. The number of phenolic OH excluding ortho intramolecular Hbond substituents is 1. The van der Waals surface area contributed by atoms with Gasteiger partial charge in [-0.05, 0) is 28.1 Å². The number of carbonyl (C=O) groups is 1. The van der Waals surface area contributed by atoms with Gasteiger partial charge >= 0.3 is 5.97 Å². The van der Waals surface area contributed by atoms with E-state index in [1.54, 1.807) is 13.8 Å². The molecule has 100 valence electrons. The van der Waals surface area contributed by atoms with Crippen molar-refractivity contribution in [2.75, 3.05) is 6.61 Å². The largest absolute Gasteiger partial charge is 0.506 e. The number of hydrogen-bond acceptors (Lipinski definition) is 4. The highest BCUT2D eigenvalue weighted by molar-refractivity contribution is 9.10. The van der Waals surface area contributed by atoms with Crippen molar-refractivity contribution in [3.05, 3.63) is 27.7 Å². The molecule has 1 rings (SSSR count). The second-order valence-electron chi connectivity index (χ2n) is 4.83. The van der Waals surface area contributed by atoms with Gasteiger partial charge in [0.1, 0.15) is 5.75 Å². The minimum atomic E-state index is -1.11. The molecule has 5 N–H and O–H groups in total. The number of phenols is 1. The molecule has 1 aromatic carbocycles. The predicted octanol–water partition coefficient (Wildman–Crippen LogP) is 1.87. The maximum atomic E-state index is 11.0. The van der Waals surface area contributed by atoms with Gasteiger partial charge in [-0.3, -0.25) is 0 Å². The van der Waals surface area contributed by atoms with E-state index in [9.17, 15) is 15.0 Å². The molecule has 6 heteroatoms. The minimum absolute atomic E-state index is 0.0267. The third-order valence-electron chi connectivity index (χ3n) is 2.92. The van der Waals surface area contributed by atoms with E-state index in [0.29, 0.717) is 5.56 Å². The van der Waals surface area contributed by atoms with E-state index in [0.717, 1.165) is 0 Å². The van der Waals surface area contributed by atoms with Crippen molar-refractivity contribution in [2.24, 2.45) is 11.1 Å². The van der Waals surface area contributed by atoms with Crippen molar-refractivity contribution in [3.8, 4) is 5.75 Å². The predicted molar refractivity (Wildman–Crippen MR) is 70.6 cm³/mol. The molecule has 0 heterocycles. The van der Waals surface area contributed by atoms with E-state index in [1.807, 2.05) is 0 Å². The summed E-state index contributed by atoms with van der Waals surface area (Å²) in [6, 6.07) is 1.95. The monoisotopic (exact) mass is 317 g/mol. The van der Waals surface area contributed by atoms with E-state index < -0.39 is 17.4 Å². The van der Waals surface area contributed by atoms with E-state index >= 15 is 0 Å². The Hall–Kier alpha value is -1.11. The summed E-state index contributed by atoms with van der Waals surface area (Å²) < 4.78 is 0.265.